The van der Waals surface area contributed by atoms with E-state index in [4.69, 9.17) is 17.0 Å². The minimum Gasteiger partial charge on any atom is -0.438 e. The fourth-order valence-electron chi connectivity index (χ4n) is 4.02. The summed E-state index contributed by atoms with van der Waals surface area (Å²) in [6.07, 6.45) is 7.53. The molecule has 1 aromatic carbocycles. The second-order valence-corrected chi connectivity index (χ2v) is 10.3. The number of ether oxygens (including phenoxy) is 1. The molecule has 1 fully saturated rings. The highest BCUT2D eigenvalue weighted by molar-refractivity contribution is 8.26. The third-order valence-corrected chi connectivity index (χ3v) is 7.55. The van der Waals surface area contributed by atoms with E-state index in [1.165, 1.54) is 16.2 Å². The maximum absolute atomic E-state index is 13.5. The molecule has 6 nitrogen and oxygen atoms in total. The van der Waals surface area contributed by atoms with Crippen LogP contribution in [0.4, 0.5) is 0 Å². The quantitative estimate of drug-likeness (QED) is 0.253. The molecule has 0 bridgehead atoms. The van der Waals surface area contributed by atoms with Crippen LogP contribution in [-0.4, -0.2) is 31.1 Å². The fraction of sp³-hybridized carbons (Fsp3) is 0.333. The van der Waals surface area contributed by atoms with E-state index in [0.29, 0.717) is 33.1 Å². The van der Waals surface area contributed by atoms with Gasteiger partial charge in [0, 0.05) is 12.7 Å². The van der Waals surface area contributed by atoms with Gasteiger partial charge in [-0.2, -0.15) is 4.98 Å². The van der Waals surface area contributed by atoms with E-state index < -0.39 is 0 Å². The van der Waals surface area contributed by atoms with Gasteiger partial charge in [-0.3, -0.25) is 18.9 Å². The molecule has 8 heteroatoms. The number of rotatable bonds is 9. The van der Waals surface area contributed by atoms with Crippen molar-refractivity contribution in [2.75, 3.05) is 6.54 Å². The molecule has 1 amide bonds. The highest BCUT2D eigenvalue weighted by Crippen LogP contribution is 2.35. The number of benzene rings is 1. The Bertz CT molecular complexity index is 1350. The Morgan fingerprint density at radius 2 is 1.91 bits per heavy atom. The molecule has 1 unspecified atom stereocenters. The number of carbonyl (C=O) groups is 1. The molecule has 0 radical (unpaired) electrons. The minimum absolute atomic E-state index is 0.162. The molecule has 1 aliphatic rings. The van der Waals surface area contributed by atoms with E-state index in [9.17, 15) is 9.59 Å². The second-order valence-electron chi connectivity index (χ2n) is 8.64. The van der Waals surface area contributed by atoms with E-state index in [0.717, 1.165) is 31.2 Å². The van der Waals surface area contributed by atoms with Crippen LogP contribution in [0.3, 0.4) is 0 Å². The third-order valence-electron chi connectivity index (χ3n) is 6.17. The average molecular weight is 508 g/mol. The largest absolute Gasteiger partial charge is 0.438 e. The summed E-state index contributed by atoms with van der Waals surface area (Å²) in [4.78, 5) is 33.5. The van der Waals surface area contributed by atoms with Crippen LogP contribution in [0.15, 0.2) is 58.4 Å². The summed E-state index contributed by atoms with van der Waals surface area (Å²) >= 11 is 6.77. The molecule has 3 heterocycles. The SMILES string of the molecule is CCCCC(CC)CN1C(=O)/C(=C\c2c(Oc3ccccc3C)nc3ccccn3c2=O)SC1=S. The highest BCUT2D eigenvalue weighted by Gasteiger charge is 2.34. The molecule has 1 aliphatic heterocycles. The molecule has 0 N–H and O–H groups in total. The zero-order valence-electron chi connectivity index (χ0n) is 20.2. The summed E-state index contributed by atoms with van der Waals surface area (Å²) < 4.78 is 8.09. The molecule has 1 atom stereocenters. The summed E-state index contributed by atoms with van der Waals surface area (Å²) in [7, 11) is 0. The Morgan fingerprint density at radius 3 is 2.66 bits per heavy atom. The van der Waals surface area contributed by atoms with Crippen molar-refractivity contribution in [2.45, 2.75) is 46.5 Å². The van der Waals surface area contributed by atoms with Gasteiger partial charge < -0.3 is 4.74 Å². The number of thioether (sulfide) groups is 1. The number of hydrogen-bond acceptors (Lipinski definition) is 6. The van der Waals surface area contributed by atoms with Gasteiger partial charge in [-0.1, -0.05) is 81.4 Å². The predicted molar refractivity (Wildman–Crippen MR) is 146 cm³/mol. The molecule has 35 heavy (non-hydrogen) atoms. The molecule has 2 aromatic heterocycles. The number of fused-ring (bicyclic) bond motifs is 1. The van der Waals surface area contributed by atoms with Crippen molar-refractivity contribution in [3.05, 3.63) is 75.0 Å². The first-order chi connectivity index (χ1) is 16.9. The average Bonchev–Trinajstić information content (AvgIpc) is 3.12. The van der Waals surface area contributed by atoms with Crippen molar-refractivity contribution in [1.29, 1.82) is 0 Å². The Morgan fingerprint density at radius 1 is 1.14 bits per heavy atom. The topological polar surface area (TPSA) is 63.9 Å². The lowest BCUT2D eigenvalue weighted by atomic mass is 9.99. The lowest BCUT2D eigenvalue weighted by Crippen LogP contribution is -2.33. The maximum Gasteiger partial charge on any atom is 0.269 e. The molecular weight excluding hydrogens is 478 g/mol. The summed E-state index contributed by atoms with van der Waals surface area (Å²) in [5.74, 6) is 0.984. The van der Waals surface area contributed by atoms with Crippen molar-refractivity contribution >= 4 is 45.9 Å². The van der Waals surface area contributed by atoms with Crippen LogP contribution in [0.2, 0.25) is 0 Å². The number of carbonyl (C=O) groups excluding carboxylic acids is 1. The Hall–Kier alpha value is -2.97. The van der Waals surface area contributed by atoms with Crippen LogP contribution in [0, 0.1) is 12.8 Å². The van der Waals surface area contributed by atoms with Crippen LogP contribution in [0.1, 0.15) is 50.7 Å². The van der Waals surface area contributed by atoms with Gasteiger partial charge in [0.25, 0.3) is 11.5 Å². The number of pyridine rings is 1. The Balaban J connectivity index is 1.73. The van der Waals surface area contributed by atoms with Gasteiger partial charge in [0.2, 0.25) is 5.88 Å². The predicted octanol–water partition coefficient (Wildman–Crippen LogP) is 6.21. The number of unbranched alkanes of at least 4 members (excludes halogenated alkanes) is 1. The number of thiocarbonyl (C=S) groups is 1. The molecular formula is C27H29N3O3S2. The molecule has 0 aliphatic carbocycles. The van der Waals surface area contributed by atoms with E-state index in [1.54, 1.807) is 29.3 Å². The number of aromatic nitrogens is 2. The van der Waals surface area contributed by atoms with Crippen LogP contribution >= 0.6 is 24.0 Å². The van der Waals surface area contributed by atoms with Crippen molar-refractivity contribution in [2.24, 2.45) is 5.92 Å². The lowest BCUT2D eigenvalue weighted by Gasteiger charge is -2.21. The monoisotopic (exact) mass is 507 g/mol. The molecule has 182 valence electrons. The standard InChI is InChI=1S/C27H29N3O3S2/c1-4-6-12-19(5-2)17-30-26(32)22(35-27(30)34)16-20-24(33-21-13-8-7-11-18(21)3)28-23-14-9-10-15-29(23)25(20)31/h7-11,13-16,19H,4-6,12,17H2,1-3H3/b22-16+. The van der Waals surface area contributed by atoms with Crippen molar-refractivity contribution < 1.29 is 9.53 Å². The van der Waals surface area contributed by atoms with E-state index in [2.05, 4.69) is 18.8 Å². The van der Waals surface area contributed by atoms with Crippen molar-refractivity contribution in [3.8, 4) is 11.6 Å². The first-order valence-corrected chi connectivity index (χ1v) is 13.2. The molecule has 1 saturated heterocycles. The minimum atomic E-state index is -0.307. The molecule has 3 aromatic rings. The summed E-state index contributed by atoms with van der Waals surface area (Å²) in [5.41, 5.74) is 1.29. The second kappa shape index (κ2) is 11.2. The zero-order valence-corrected chi connectivity index (χ0v) is 21.8. The summed E-state index contributed by atoms with van der Waals surface area (Å²) in [6, 6.07) is 12.9. The Labute approximate surface area is 215 Å². The normalized spacial score (nSPS) is 15.9. The van der Waals surface area contributed by atoms with Crippen molar-refractivity contribution in [3.63, 3.8) is 0 Å². The van der Waals surface area contributed by atoms with Gasteiger partial charge >= 0.3 is 0 Å². The number of para-hydroxylation sites is 1. The highest BCUT2D eigenvalue weighted by atomic mass is 32.2. The number of aryl methyl sites for hydroxylation is 1. The van der Waals surface area contributed by atoms with Gasteiger partial charge in [-0.15, -0.1) is 0 Å². The van der Waals surface area contributed by atoms with Gasteiger partial charge in [0.05, 0.1) is 4.91 Å². The van der Waals surface area contributed by atoms with Gasteiger partial charge in [-0.25, -0.2) is 0 Å². The van der Waals surface area contributed by atoms with E-state index in [-0.39, 0.29) is 22.9 Å². The first-order valence-electron chi connectivity index (χ1n) is 11.9. The smallest absolute Gasteiger partial charge is 0.269 e. The number of nitrogens with zero attached hydrogens (tertiary/aromatic N) is 3. The van der Waals surface area contributed by atoms with Gasteiger partial charge in [0.15, 0.2) is 0 Å². The number of amides is 1. The molecule has 0 saturated carbocycles. The van der Waals surface area contributed by atoms with Crippen LogP contribution in [0.25, 0.3) is 11.7 Å². The van der Waals surface area contributed by atoms with Crippen LogP contribution < -0.4 is 10.3 Å². The summed E-state index contributed by atoms with van der Waals surface area (Å²) in [5, 5.41) is 0. The van der Waals surface area contributed by atoms with Gasteiger partial charge in [0.1, 0.15) is 21.3 Å². The first kappa shape index (κ1) is 25.1. The fourth-order valence-corrected chi connectivity index (χ4v) is 5.28. The van der Waals surface area contributed by atoms with Crippen LogP contribution in [-0.2, 0) is 4.79 Å². The molecule has 0 spiro atoms. The number of hydrogen-bond donors (Lipinski definition) is 0. The van der Waals surface area contributed by atoms with Crippen LogP contribution in [0.5, 0.6) is 11.6 Å². The molecule has 4 rings (SSSR count). The third kappa shape index (κ3) is 5.49. The van der Waals surface area contributed by atoms with E-state index >= 15 is 0 Å². The van der Waals surface area contributed by atoms with E-state index in [1.807, 2.05) is 37.3 Å². The summed E-state index contributed by atoms with van der Waals surface area (Å²) in [6.45, 7) is 6.84. The van der Waals surface area contributed by atoms with Gasteiger partial charge in [-0.05, 0) is 49.1 Å². The Kier molecular flexibility index (Phi) is 8.03. The lowest BCUT2D eigenvalue weighted by molar-refractivity contribution is -0.122. The maximum atomic E-state index is 13.5. The zero-order chi connectivity index (χ0) is 24.9. The van der Waals surface area contributed by atoms with Crippen molar-refractivity contribution in [1.82, 2.24) is 14.3 Å².